The van der Waals surface area contributed by atoms with Crippen LogP contribution in [0.1, 0.15) is 31.2 Å². The first-order chi connectivity index (χ1) is 11.1. The summed E-state index contributed by atoms with van der Waals surface area (Å²) in [6.45, 7) is 0.617. The third-order valence-corrected chi connectivity index (χ3v) is 4.77. The normalized spacial score (nSPS) is 21.1. The van der Waals surface area contributed by atoms with Gasteiger partial charge in [0.25, 0.3) is 0 Å². The molecule has 0 spiro atoms. The van der Waals surface area contributed by atoms with Gasteiger partial charge in [0.15, 0.2) is 0 Å². The third-order valence-electron chi connectivity index (χ3n) is 4.27. The van der Waals surface area contributed by atoms with Crippen molar-refractivity contribution in [3.63, 3.8) is 0 Å². The number of hydrogen-bond donors (Lipinski definition) is 2. The summed E-state index contributed by atoms with van der Waals surface area (Å²) >= 11 is 3.47. The molecule has 1 aromatic carbocycles. The minimum absolute atomic E-state index is 0.00738. The molecule has 1 saturated carbocycles. The topological polar surface area (TPSA) is 72.9 Å². The van der Waals surface area contributed by atoms with Crippen molar-refractivity contribution in [3.8, 4) is 0 Å². The Labute approximate surface area is 144 Å². The molecular weight excluding hydrogens is 356 g/mol. The number of hydrogen-bond acceptors (Lipinski definition) is 3. The molecular formula is C17H21BrN4O. The molecule has 0 aliphatic heterocycles. The number of nitrogens with zero attached hydrogens (tertiary/aromatic N) is 2. The lowest BCUT2D eigenvalue weighted by atomic mass is 9.85. The summed E-state index contributed by atoms with van der Waals surface area (Å²) in [5.41, 5.74) is 7.10. The first-order valence-electron chi connectivity index (χ1n) is 7.94. The van der Waals surface area contributed by atoms with E-state index in [4.69, 9.17) is 5.73 Å². The van der Waals surface area contributed by atoms with Gasteiger partial charge in [-0.25, -0.2) is 4.68 Å². The standard InChI is InChI=1S/C17H21BrN4O/c18-14-5-1-3-12(9-14)11-22-16(7-8-20-22)21-17(23)13-4-2-6-15(19)10-13/h1,3,5,7-9,13,15H,2,4,6,10-11,19H2,(H,21,23). The zero-order chi connectivity index (χ0) is 16.2. The summed E-state index contributed by atoms with van der Waals surface area (Å²) in [7, 11) is 0. The quantitative estimate of drug-likeness (QED) is 0.860. The molecule has 1 aliphatic carbocycles. The predicted octanol–water partition coefficient (Wildman–Crippen LogP) is 3.15. The highest BCUT2D eigenvalue weighted by molar-refractivity contribution is 9.10. The number of nitrogens with one attached hydrogen (secondary N) is 1. The Hall–Kier alpha value is -1.66. The van der Waals surface area contributed by atoms with Crippen molar-refractivity contribution in [2.24, 2.45) is 11.7 Å². The van der Waals surface area contributed by atoms with E-state index in [2.05, 4.69) is 26.3 Å². The Morgan fingerprint density at radius 2 is 2.26 bits per heavy atom. The summed E-state index contributed by atoms with van der Waals surface area (Å²) in [6.07, 6.45) is 5.44. The van der Waals surface area contributed by atoms with Crippen LogP contribution in [-0.2, 0) is 11.3 Å². The SMILES string of the molecule is NC1CCCC(C(=O)Nc2ccnn2Cc2cccc(Br)c2)C1. The van der Waals surface area contributed by atoms with E-state index in [1.54, 1.807) is 6.20 Å². The molecule has 1 aliphatic rings. The molecule has 0 radical (unpaired) electrons. The Bertz CT molecular complexity index is 685. The third kappa shape index (κ3) is 4.20. The van der Waals surface area contributed by atoms with Gasteiger partial charge in [-0.1, -0.05) is 34.5 Å². The van der Waals surface area contributed by atoms with Crippen molar-refractivity contribution in [3.05, 3.63) is 46.6 Å². The van der Waals surface area contributed by atoms with E-state index < -0.39 is 0 Å². The lowest BCUT2D eigenvalue weighted by Crippen LogP contribution is -2.34. The molecule has 2 unspecified atom stereocenters. The maximum atomic E-state index is 12.5. The van der Waals surface area contributed by atoms with Crippen LogP contribution in [0.3, 0.4) is 0 Å². The van der Waals surface area contributed by atoms with Gasteiger partial charge in [0.2, 0.25) is 5.91 Å². The van der Waals surface area contributed by atoms with Gasteiger partial charge in [-0.2, -0.15) is 5.10 Å². The van der Waals surface area contributed by atoms with Crippen LogP contribution in [0.4, 0.5) is 5.82 Å². The Kier molecular flexibility index (Phi) is 5.13. The molecule has 2 aromatic rings. The van der Waals surface area contributed by atoms with Crippen molar-refractivity contribution in [2.45, 2.75) is 38.3 Å². The second-order valence-electron chi connectivity index (χ2n) is 6.12. The van der Waals surface area contributed by atoms with Crippen LogP contribution >= 0.6 is 15.9 Å². The maximum Gasteiger partial charge on any atom is 0.228 e. The summed E-state index contributed by atoms with van der Waals surface area (Å²) in [4.78, 5) is 12.5. The van der Waals surface area contributed by atoms with E-state index >= 15 is 0 Å². The number of anilines is 1. The predicted molar refractivity (Wildman–Crippen MR) is 94.0 cm³/mol. The van der Waals surface area contributed by atoms with E-state index in [1.165, 1.54) is 0 Å². The van der Waals surface area contributed by atoms with Gasteiger partial charge in [0.05, 0.1) is 12.7 Å². The van der Waals surface area contributed by atoms with Gasteiger partial charge in [0.1, 0.15) is 5.82 Å². The average Bonchev–Trinajstić information content (AvgIpc) is 2.94. The molecule has 2 atom stereocenters. The molecule has 1 aromatic heterocycles. The Balaban J connectivity index is 1.67. The number of halogens is 1. The number of carbonyl (C=O) groups is 1. The van der Waals surface area contributed by atoms with Crippen LogP contribution in [-0.4, -0.2) is 21.7 Å². The van der Waals surface area contributed by atoms with Crippen LogP contribution in [0.5, 0.6) is 0 Å². The van der Waals surface area contributed by atoms with Crippen molar-refractivity contribution >= 4 is 27.7 Å². The second kappa shape index (κ2) is 7.27. The maximum absolute atomic E-state index is 12.5. The molecule has 0 bridgehead atoms. The fourth-order valence-electron chi connectivity index (χ4n) is 3.07. The zero-order valence-corrected chi connectivity index (χ0v) is 14.5. The van der Waals surface area contributed by atoms with Crippen molar-refractivity contribution in [1.29, 1.82) is 0 Å². The largest absolute Gasteiger partial charge is 0.328 e. The first-order valence-corrected chi connectivity index (χ1v) is 8.74. The molecule has 1 amide bonds. The van der Waals surface area contributed by atoms with Gasteiger partial charge >= 0.3 is 0 Å². The number of amides is 1. The number of nitrogens with two attached hydrogens (primary N) is 1. The molecule has 3 rings (SSSR count). The van der Waals surface area contributed by atoms with Crippen LogP contribution < -0.4 is 11.1 Å². The van der Waals surface area contributed by atoms with Gasteiger partial charge in [-0.3, -0.25) is 4.79 Å². The highest BCUT2D eigenvalue weighted by Gasteiger charge is 2.25. The van der Waals surface area contributed by atoms with E-state index in [0.717, 1.165) is 41.5 Å². The Morgan fingerprint density at radius 1 is 1.39 bits per heavy atom. The molecule has 23 heavy (non-hydrogen) atoms. The van der Waals surface area contributed by atoms with E-state index in [1.807, 2.05) is 35.0 Å². The molecule has 122 valence electrons. The average molecular weight is 377 g/mol. The van der Waals surface area contributed by atoms with Crippen molar-refractivity contribution < 1.29 is 4.79 Å². The van der Waals surface area contributed by atoms with Crippen LogP contribution in [0.15, 0.2) is 41.0 Å². The minimum atomic E-state index is 0.00738. The lowest BCUT2D eigenvalue weighted by Gasteiger charge is -2.25. The summed E-state index contributed by atoms with van der Waals surface area (Å²) in [5.74, 6) is 0.790. The van der Waals surface area contributed by atoms with Crippen LogP contribution in [0.2, 0.25) is 0 Å². The molecule has 6 heteroatoms. The first kappa shape index (κ1) is 16.2. The molecule has 1 fully saturated rings. The number of carbonyl (C=O) groups excluding carboxylic acids is 1. The fraction of sp³-hybridized carbons (Fsp3) is 0.412. The van der Waals surface area contributed by atoms with Gasteiger partial charge in [-0.05, 0) is 37.0 Å². The molecule has 0 saturated heterocycles. The number of aromatic nitrogens is 2. The second-order valence-corrected chi connectivity index (χ2v) is 7.03. The molecule has 1 heterocycles. The van der Waals surface area contributed by atoms with E-state index in [0.29, 0.717) is 6.54 Å². The van der Waals surface area contributed by atoms with Crippen molar-refractivity contribution in [1.82, 2.24) is 9.78 Å². The highest BCUT2D eigenvalue weighted by Crippen LogP contribution is 2.24. The Morgan fingerprint density at radius 3 is 3.04 bits per heavy atom. The summed E-state index contributed by atoms with van der Waals surface area (Å²) in [5, 5.41) is 7.33. The minimum Gasteiger partial charge on any atom is -0.328 e. The highest BCUT2D eigenvalue weighted by atomic mass is 79.9. The smallest absolute Gasteiger partial charge is 0.228 e. The number of rotatable bonds is 4. The van der Waals surface area contributed by atoms with Gasteiger partial charge in [0, 0.05) is 22.5 Å². The van der Waals surface area contributed by atoms with E-state index in [-0.39, 0.29) is 17.9 Å². The fourth-order valence-corrected chi connectivity index (χ4v) is 3.51. The van der Waals surface area contributed by atoms with Crippen molar-refractivity contribution in [2.75, 3.05) is 5.32 Å². The van der Waals surface area contributed by atoms with Crippen LogP contribution in [0.25, 0.3) is 0 Å². The van der Waals surface area contributed by atoms with Gasteiger partial charge < -0.3 is 11.1 Å². The lowest BCUT2D eigenvalue weighted by molar-refractivity contribution is -0.120. The summed E-state index contributed by atoms with van der Waals surface area (Å²) in [6, 6.07) is 10.0. The van der Waals surface area contributed by atoms with Crippen LogP contribution in [0, 0.1) is 5.92 Å². The molecule has 3 N–H and O–H groups in total. The van der Waals surface area contributed by atoms with E-state index in [9.17, 15) is 4.79 Å². The summed E-state index contributed by atoms with van der Waals surface area (Å²) < 4.78 is 2.84. The number of benzene rings is 1. The zero-order valence-electron chi connectivity index (χ0n) is 12.9. The monoisotopic (exact) mass is 376 g/mol. The molecule has 5 nitrogen and oxygen atoms in total. The van der Waals surface area contributed by atoms with Gasteiger partial charge in [-0.15, -0.1) is 0 Å².